The van der Waals surface area contributed by atoms with Crippen LogP contribution >= 0.6 is 22.9 Å². The van der Waals surface area contributed by atoms with Gasteiger partial charge in [-0.25, -0.2) is 4.39 Å². The highest BCUT2D eigenvalue weighted by Crippen LogP contribution is 2.53. The number of ether oxygens (including phenoxy) is 1. The van der Waals surface area contributed by atoms with Crippen molar-refractivity contribution in [3.8, 4) is 18.1 Å². The van der Waals surface area contributed by atoms with Crippen molar-refractivity contribution in [2.24, 2.45) is 5.92 Å². The van der Waals surface area contributed by atoms with E-state index in [-0.39, 0.29) is 29.7 Å². The lowest BCUT2D eigenvalue weighted by Gasteiger charge is -2.49. The standard InChI is InChI=1S/C34H36ClFN10O2S/c35-26-23-15-43(8-2-10-46(23)42-27(26)28(47)19-3-4-19)30-22(13-38)31(41-32(40-30)48-18-34-6-1-9-45(34)14-20(36)11-34)44-16-33(17-44)7-5-24-25(33)21(12-37)29(39)49-24/h19-20H,1-11,14-18,39H2/t20-,34+/m1/s1. The van der Waals surface area contributed by atoms with Crippen LogP contribution in [0.15, 0.2) is 0 Å². The first-order valence-electron chi connectivity index (χ1n) is 17.2. The summed E-state index contributed by atoms with van der Waals surface area (Å²) in [6.45, 7) is 4.15. The molecule has 2 N–H and O–H groups in total. The van der Waals surface area contributed by atoms with Gasteiger partial charge in [-0.2, -0.15) is 25.6 Å². The summed E-state index contributed by atoms with van der Waals surface area (Å²) >= 11 is 8.35. The average Bonchev–Trinajstić information content (AvgIpc) is 3.45. The number of nitrogen functional groups attached to an aromatic ring is 1. The van der Waals surface area contributed by atoms with Crippen LogP contribution in [0, 0.1) is 28.6 Å². The van der Waals surface area contributed by atoms with E-state index in [1.165, 1.54) is 16.2 Å². The first-order chi connectivity index (χ1) is 23.7. The van der Waals surface area contributed by atoms with Gasteiger partial charge in [0.1, 0.15) is 41.2 Å². The van der Waals surface area contributed by atoms with Gasteiger partial charge in [0.15, 0.2) is 17.4 Å². The summed E-state index contributed by atoms with van der Waals surface area (Å²) in [5.74, 6) is 0.901. The summed E-state index contributed by atoms with van der Waals surface area (Å²) in [7, 11) is 0. The normalized spacial score (nSPS) is 25.3. The number of carbonyl (C=O) groups is 1. The fourth-order valence-corrected chi connectivity index (χ4v) is 10.4. The highest BCUT2D eigenvalue weighted by Gasteiger charge is 2.53. The van der Waals surface area contributed by atoms with Crippen LogP contribution in [0.25, 0.3) is 0 Å². The molecule has 1 spiro atoms. The predicted molar refractivity (Wildman–Crippen MR) is 181 cm³/mol. The molecule has 12 nitrogen and oxygen atoms in total. The van der Waals surface area contributed by atoms with E-state index in [0.717, 1.165) is 56.3 Å². The van der Waals surface area contributed by atoms with Crippen molar-refractivity contribution >= 4 is 45.4 Å². The quantitative estimate of drug-likeness (QED) is 0.349. The summed E-state index contributed by atoms with van der Waals surface area (Å²) in [4.78, 5) is 30.2. The van der Waals surface area contributed by atoms with E-state index in [1.807, 2.05) is 9.58 Å². The first kappa shape index (κ1) is 31.0. The minimum absolute atomic E-state index is 0.00427. The number of nitrogens with zero attached hydrogens (tertiary/aromatic N) is 9. The number of halogens is 2. The van der Waals surface area contributed by atoms with Gasteiger partial charge >= 0.3 is 6.01 Å². The number of nitrogens with two attached hydrogens (primary N) is 1. The smallest absolute Gasteiger partial charge is 0.320 e. The number of hydrogen-bond acceptors (Lipinski definition) is 12. The molecule has 7 heterocycles. The zero-order valence-electron chi connectivity index (χ0n) is 27.1. The molecule has 0 bridgehead atoms. The molecule has 3 saturated heterocycles. The Hall–Kier alpha value is -3.98. The molecule has 1 saturated carbocycles. The molecule has 3 aromatic heterocycles. The molecule has 3 aromatic rings. The number of fused-ring (bicyclic) bond motifs is 4. The van der Waals surface area contributed by atoms with Crippen molar-refractivity contribution in [2.75, 3.05) is 54.9 Å². The van der Waals surface area contributed by atoms with Crippen molar-refractivity contribution in [2.45, 2.75) is 81.6 Å². The largest absolute Gasteiger partial charge is 0.461 e. The van der Waals surface area contributed by atoms with E-state index in [0.29, 0.717) is 90.6 Å². The number of Topliss-reactive ketones (excluding diaryl/α,β-unsaturated/α-hetero) is 1. The molecule has 15 heteroatoms. The lowest BCUT2D eigenvalue weighted by molar-refractivity contribution is 0.0962. The number of aryl methyl sites for hydroxylation is 2. The lowest BCUT2D eigenvalue weighted by atomic mass is 9.74. The number of hydrogen-bond donors (Lipinski definition) is 1. The Morgan fingerprint density at radius 3 is 2.61 bits per heavy atom. The van der Waals surface area contributed by atoms with Gasteiger partial charge < -0.3 is 20.3 Å². The number of ketones is 1. The summed E-state index contributed by atoms with van der Waals surface area (Å²) in [6.07, 6.45) is 5.57. The van der Waals surface area contributed by atoms with Crippen LogP contribution in [0.3, 0.4) is 0 Å². The van der Waals surface area contributed by atoms with Crippen molar-refractivity contribution in [1.29, 1.82) is 10.5 Å². The van der Waals surface area contributed by atoms with E-state index in [1.54, 1.807) is 0 Å². The van der Waals surface area contributed by atoms with Gasteiger partial charge in [0.2, 0.25) is 0 Å². The second kappa shape index (κ2) is 11.3. The molecule has 4 aliphatic heterocycles. The van der Waals surface area contributed by atoms with Crippen LogP contribution in [0.4, 0.5) is 21.0 Å². The van der Waals surface area contributed by atoms with Crippen LogP contribution in [0.1, 0.15) is 82.7 Å². The van der Waals surface area contributed by atoms with Gasteiger partial charge in [0, 0.05) is 55.4 Å². The van der Waals surface area contributed by atoms with E-state index in [9.17, 15) is 19.7 Å². The highest BCUT2D eigenvalue weighted by atomic mass is 35.5. The third-order valence-electron chi connectivity index (χ3n) is 11.6. The highest BCUT2D eigenvalue weighted by molar-refractivity contribution is 7.16. The predicted octanol–water partition coefficient (Wildman–Crippen LogP) is 4.38. The Balaban J connectivity index is 1.08. The van der Waals surface area contributed by atoms with E-state index < -0.39 is 11.7 Å². The molecule has 0 unspecified atom stereocenters. The van der Waals surface area contributed by atoms with E-state index >= 15 is 0 Å². The maximum absolute atomic E-state index is 14.6. The molecule has 49 heavy (non-hydrogen) atoms. The molecular formula is C34H36ClFN10O2S. The SMILES string of the molecule is N#Cc1c(N2CCCn3nc(C(=O)C4CC4)c(Cl)c3C2)nc(OC[C@@]23CCCN2C[C@H](F)C3)nc1N1CC2(CCc3sc(N)c(C#N)c32)C1. The molecule has 254 valence electrons. The minimum Gasteiger partial charge on any atom is -0.461 e. The van der Waals surface area contributed by atoms with Gasteiger partial charge in [0.05, 0.1) is 28.4 Å². The lowest BCUT2D eigenvalue weighted by Crippen LogP contribution is -2.59. The molecule has 6 aliphatic rings. The van der Waals surface area contributed by atoms with Crippen molar-refractivity contribution in [1.82, 2.24) is 24.6 Å². The third-order valence-corrected chi connectivity index (χ3v) is 13.0. The fourth-order valence-electron chi connectivity index (χ4n) is 9.02. The molecule has 4 fully saturated rings. The monoisotopic (exact) mass is 702 g/mol. The summed E-state index contributed by atoms with van der Waals surface area (Å²) in [5.41, 5.74) is 8.60. The number of nitriles is 2. The maximum Gasteiger partial charge on any atom is 0.320 e. The number of rotatable bonds is 7. The van der Waals surface area contributed by atoms with Crippen LogP contribution in [-0.4, -0.2) is 81.5 Å². The Labute approximate surface area is 292 Å². The number of thiophene rings is 1. The van der Waals surface area contributed by atoms with E-state index in [4.69, 9.17) is 32.0 Å². The summed E-state index contributed by atoms with van der Waals surface area (Å²) < 4.78 is 22.8. The third kappa shape index (κ3) is 4.82. The summed E-state index contributed by atoms with van der Waals surface area (Å²) in [5, 5.41) is 26.2. The van der Waals surface area contributed by atoms with Gasteiger partial charge in [-0.15, -0.1) is 11.3 Å². The van der Waals surface area contributed by atoms with E-state index in [2.05, 4.69) is 27.0 Å². The van der Waals surface area contributed by atoms with Gasteiger partial charge in [-0.05, 0) is 57.1 Å². The average molecular weight is 703 g/mol. The fraction of sp³-hybridized carbons (Fsp3) is 0.588. The van der Waals surface area contributed by atoms with Crippen LogP contribution in [0.2, 0.25) is 5.02 Å². The van der Waals surface area contributed by atoms with Gasteiger partial charge in [-0.3, -0.25) is 14.4 Å². The van der Waals surface area contributed by atoms with Gasteiger partial charge in [-0.1, -0.05) is 11.6 Å². The Morgan fingerprint density at radius 2 is 1.86 bits per heavy atom. The number of anilines is 3. The van der Waals surface area contributed by atoms with Crippen LogP contribution in [-0.2, 0) is 24.9 Å². The molecule has 2 atom stereocenters. The molecular weight excluding hydrogens is 667 g/mol. The van der Waals surface area contributed by atoms with Crippen molar-refractivity contribution in [3.05, 3.63) is 38.0 Å². The molecule has 0 amide bonds. The zero-order chi connectivity index (χ0) is 33.7. The Kier molecular flexibility index (Phi) is 7.14. The second-order valence-electron chi connectivity index (χ2n) is 14.6. The van der Waals surface area contributed by atoms with Crippen molar-refractivity contribution in [3.63, 3.8) is 0 Å². The molecule has 0 radical (unpaired) electrons. The van der Waals surface area contributed by atoms with Crippen molar-refractivity contribution < 1.29 is 13.9 Å². The maximum atomic E-state index is 14.6. The second-order valence-corrected chi connectivity index (χ2v) is 16.2. The number of carbonyl (C=O) groups excluding carboxylic acids is 1. The zero-order valence-corrected chi connectivity index (χ0v) is 28.6. The number of alkyl halides is 1. The first-order valence-corrected chi connectivity index (χ1v) is 18.4. The molecule has 2 aliphatic carbocycles. The Morgan fingerprint density at radius 1 is 1.08 bits per heavy atom. The minimum atomic E-state index is -0.890. The Bertz CT molecular complexity index is 1970. The topological polar surface area (TPSA) is 153 Å². The van der Waals surface area contributed by atoms with Gasteiger partial charge in [0.25, 0.3) is 0 Å². The van der Waals surface area contributed by atoms with Crippen LogP contribution < -0.4 is 20.3 Å². The van der Waals surface area contributed by atoms with Crippen LogP contribution in [0.5, 0.6) is 6.01 Å². The summed E-state index contributed by atoms with van der Waals surface area (Å²) in [6, 6.07) is 4.88. The number of aromatic nitrogens is 4. The molecule has 0 aromatic carbocycles. The molecule has 9 rings (SSSR count).